The van der Waals surface area contributed by atoms with Crippen LogP contribution in [0.3, 0.4) is 0 Å². The van der Waals surface area contributed by atoms with E-state index < -0.39 is 0 Å². The summed E-state index contributed by atoms with van der Waals surface area (Å²) >= 11 is 0. The lowest BCUT2D eigenvalue weighted by Gasteiger charge is -2.23. The predicted molar refractivity (Wildman–Crippen MR) is 110 cm³/mol. The molecule has 1 aromatic carbocycles. The van der Waals surface area contributed by atoms with Crippen LogP contribution in [0.4, 0.5) is 0 Å². The highest BCUT2D eigenvalue weighted by Gasteiger charge is 2.25. The minimum Gasteiger partial charge on any atom is -0.393 e. The number of benzene rings is 1. The van der Waals surface area contributed by atoms with Crippen molar-refractivity contribution in [2.75, 3.05) is 0 Å². The molecule has 0 spiro atoms. The first-order valence-electron chi connectivity index (χ1n) is 9.96. The van der Waals surface area contributed by atoms with Crippen LogP contribution in [0, 0.1) is 6.92 Å². The number of hydrogen-bond acceptors (Lipinski definition) is 6. The maximum Gasteiger partial charge on any atom is 0.125 e. The number of aliphatic hydroxyl groups excluding tert-OH is 1. The summed E-state index contributed by atoms with van der Waals surface area (Å²) in [6.45, 7) is 1.88. The highest BCUT2D eigenvalue weighted by atomic mass is 16.3. The molecule has 146 valence electrons. The van der Waals surface area contributed by atoms with E-state index in [0.717, 1.165) is 71.0 Å². The van der Waals surface area contributed by atoms with Gasteiger partial charge in [0, 0.05) is 30.1 Å². The number of aliphatic hydroxyl groups is 1. The van der Waals surface area contributed by atoms with Crippen molar-refractivity contribution in [2.24, 2.45) is 0 Å². The number of aromatic amines is 1. The van der Waals surface area contributed by atoms with Gasteiger partial charge in [-0.2, -0.15) is 0 Å². The van der Waals surface area contributed by atoms with E-state index in [1.165, 1.54) is 0 Å². The average molecular weight is 386 g/mol. The fourth-order valence-electron chi connectivity index (χ4n) is 4.03. The van der Waals surface area contributed by atoms with Crippen molar-refractivity contribution in [3.8, 4) is 22.6 Å². The summed E-state index contributed by atoms with van der Waals surface area (Å²) in [6.07, 6.45) is 8.46. The Morgan fingerprint density at radius 1 is 0.897 bits per heavy atom. The smallest absolute Gasteiger partial charge is 0.125 e. The van der Waals surface area contributed by atoms with Gasteiger partial charge < -0.3 is 10.1 Å². The maximum atomic E-state index is 9.86. The molecule has 0 bridgehead atoms. The Kier molecular flexibility index (Phi) is 4.52. The summed E-state index contributed by atoms with van der Waals surface area (Å²) in [5.41, 5.74) is 5.23. The van der Waals surface area contributed by atoms with Crippen LogP contribution in [0.5, 0.6) is 0 Å². The zero-order valence-corrected chi connectivity index (χ0v) is 16.2. The number of H-pyrrole nitrogens is 1. The third-order valence-electron chi connectivity index (χ3n) is 5.58. The van der Waals surface area contributed by atoms with E-state index in [9.17, 15) is 5.11 Å². The van der Waals surface area contributed by atoms with Gasteiger partial charge in [0.25, 0.3) is 0 Å². The third-order valence-corrected chi connectivity index (χ3v) is 5.58. The first-order chi connectivity index (χ1) is 14.2. The van der Waals surface area contributed by atoms with E-state index in [1.54, 1.807) is 18.6 Å². The Morgan fingerprint density at radius 2 is 1.69 bits per heavy atom. The number of nitrogens with zero attached hydrogens (tertiary/aromatic N) is 5. The number of aryl methyl sites for hydroxylation is 1. The molecule has 29 heavy (non-hydrogen) atoms. The summed E-state index contributed by atoms with van der Waals surface area (Å²) in [5.74, 6) is 1.99. The predicted octanol–water partition coefficient (Wildman–Crippen LogP) is 3.80. The Bertz CT molecular complexity index is 1160. The quantitative estimate of drug-likeness (QED) is 0.555. The molecule has 1 aliphatic carbocycles. The standard InChI is InChI=1S/C22H22N6O/c1-13-23-9-8-18(26-13)21-20(15-4-7-17-19(12-15)25-11-10-24-17)27-22(28-21)14-2-5-16(29)6-3-14/h4,7-12,14,16,29H,2-3,5-6H2,1H3,(H,27,28). The molecule has 7 heteroatoms. The molecule has 0 aliphatic heterocycles. The van der Waals surface area contributed by atoms with Crippen LogP contribution in [-0.2, 0) is 0 Å². The number of hydrogen-bond donors (Lipinski definition) is 2. The van der Waals surface area contributed by atoms with E-state index in [2.05, 4.69) is 24.9 Å². The summed E-state index contributed by atoms with van der Waals surface area (Å²) in [6, 6.07) is 7.92. The molecule has 3 aromatic heterocycles. The molecule has 0 radical (unpaired) electrons. The molecule has 4 aromatic rings. The highest BCUT2D eigenvalue weighted by Crippen LogP contribution is 2.36. The van der Waals surface area contributed by atoms with Crippen LogP contribution < -0.4 is 0 Å². The lowest BCUT2D eigenvalue weighted by molar-refractivity contribution is 0.121. The van der Waals surface area contributed by atoms with Gasteiger partial charge in [-0.05, 0) is 50.8 Å². The lowest BCUT2D eigenvalue weighted by atomic mass is 9.87. The molecule has 5 rings (SSSR count). The number of imidazole rings is 1. The largest absolute Gasteiger partial charge is 0.393 e. The zero-order valence-electron chi connectivity index (χ0n) is 16.2. The molecule has 3 heterocycles. The van der Waals surface area contributed by atoms with E-state index in [4.69, 9.17) is 4.98 Å². The number of nitrogens with one attached hydrogen (secondary N) is 1. The molecule has 0 atom stereocenters. The van der Waals surface area contributed by atoms with Gasteiger partial charge in [0.1, 0.15) is 11.6 Å². The van der Waals surface area contributed by atoms with Crippen LogP contribution in [0.2, 0.25) is 0 Å². The number of fused-ring (bicyclic) bond motifs is 1. The Hall–Kier alpha value is -3.19. The molecule has 7 nitrogen and oxygen atoms in total. The molecular weight excluding hydrogens is 364 g/mol. The van der Waals surface area contributed by atoms with E-state index in [1.807, 2.05) is 31.2 Å². The molecule has 1 fully saturated rings. The number of aromatic nitrogens is 6. The topological polar surface area (TPSA) is 100 Å². The molecular formula is C22H22N6O. The van der Waals surface area contributed by atoms with Gasteiger partial charge >= 0.3 is 0 Å². The van der Waals surface area contributed by atoms with Crippen molar-refractivity contribution in [1.29, 1.82) is 0 Å². The minimum atomic E-state index is -0.191. The third kappa shape index (κ3) is 3.49. The van der Waals surface area contributed by atoms with E-state index in [0.29, 0.717) is 5.92 Å². The maximum absolute atomic E-state index is 9.86. The van der Waals surface area contributed by atoms with Gasteiger partial charge in [0.15, 0.2) is 0 Å². The fraction of sp³-hybridized carbons (Fsp3) is 0.318. The van der Waals surface area contributed by atoms with Gasteiger partial charge in [0.05, 0.1) is 34.2 Å². The second-order valence-electron chi connectivity index (χ2n) is 7.60. The van der Waals surface area contributed by atoms with Crippen molar-refractivity contribution in [3.05, 3.63) is 54.5 Å². The Balaban J connectivity index is 1.63. The minimum absolute atomic E-state index is 0.191. The number of rotatable bonds is 3. The summed E-state index contributed by atoms with van der Waals surface area (Å²) in [5, 5.41) is 9.86. The Morgan fingerprint density at radius 3 is 2.48 bits per heavy atom. The highest BCUT2D eigenvalue weighted by molar-refractivity contribution is 5.84. The van der Waals surface area contributed by atoms with Gasteiger partial charge in [-0.25, -0.2) is 15.0 Å². The van der Waals surface area contributed by atoms with Gasteiger partial charge in [-0.3, -0.25) is 9.97 Å². The SMILES string of the molecule is Cc1nccc(-c2[nH]c(C3CCC(O)CC3)nc2-c2ccc3nccnc3c2)n1. The van der Waals surface area contributed by atoms with Crippen molar-refractivity contribution in [3.63, 3.8) is 0 Å². The molecule has 2 N–H and O–H groups in total. The lowest BCUT2D eigenvalue weighted by Crippen LogP contribution is -2.17. The molecule has 0 amide bonds. The first kappa shape index (κ1) is 17.9. The summed E-state index contributed by atoms with van der Waals surface area (Å²) in [4.78, 5) is 26.2. The zero-order chi connectivity index (χ0) is 19.8. The van der Waals surface area contributed by atoms with E-state index >= 15 is 0 Å². The van der Waals surface area contributed by atoms with Crippen molar-refractivity contribution >= 4 is 11.0 Å². The van der Waals surface area contributed by atoms with Crippen molar-refractivity contribution in [2.45, 2.75) is 44.6 Å². The van der Waals surface area contributed by atoms with Gasteiger partial charge in [0.2, 0.25) is 0 Å². The van der Waals surface area contributed by atoms with E-state index in [-0.39, 0.29) is 6.10 Å². The second-order valence-corrected chi connectivity index (χ2v) is 7.60. The fourth-order valence-corrected chi connectivity index (χ4v) is 4.03. The van der Waals surface area contributed by atoms with Crippen LogP contribution in [0.1, 0.15) is 43.3 Å². The second kappa shape index (κ2) is 7.33. The van der Waals surface area contributed by atoms with Crippen LogP contribution in [0.15, 0.2) is 42.9 Å². The normalized spacial score (nSPS) is 19.5. The molecule has 1 saturated carbocycles. The van der Waals surface area contributed by atoms with Gasteiger partial charge in [-0.1, -0.05) is 6.07 Å². The molecule has 0 saturated heterocycles. The monoisotopic (exact) mass is 386 g/mol. The molecule has 0 unspecified atom stereocenters. The molecule has 1 aliphatic rings. The summed E-state index contributed by atoms with van der Waals surface area (Å²) < 4.78 is 0. The average Bonchev–Trinajstić information content (AvgIpc) is 3.19. The van der Waals surface area contributed by atoms with Crippen molar-refractivity contribution in [1.82, 2.24) is 29.9 Å². The van der Waals surface area contributed by atoms with Crippen LogP contribution in [0.25, 0.3) is 33.7 Å². The van der Waals surface area contributed by atoms with Crippen LogP contribution >= 0.6 is 0 Å². The summed E-state index contributed by atoms with van der Waals surface area (Å²) in [7, 11) is 0. The van der Waals surface area contributed by atoms with Crippen molar-refractivity contribution < 1.29 is 5.11 Å². The Labute approximate surface area is 168 Å². The van der Waals surface area contributed by atoms with Gasteiger partial charge in [-0.15, -0.1) is 0 Å². The van der Waals surface area contributed by atoms with Crippen LogP contribution in [-0.4, -0.2) is 41.1 Å². The first-order valence-corrected chi connectivity index (χ1v) is 9.96.